The highest BCUT2D eigenvalue weighted by Crippen LogP contribution is 2.43. The van der Waals surface area contributed by atoms with E-state index < -0.39 is 0 Å². The topological polar surface area (TPSA) is 26.3 Å². The molecule has 2 aliphatic rings. The smallest absolute Gasteiger partial charge is 0.309 e. The lowest BCUT2D eigenvalue weighted by Gasteiger charge is -2.14. The molecular weight excluding hydrogens is 140 g/mol. The Balaban J connectivity index is 2.08. The van der Waals surface area contributed by atoms with Crippen molar-refractivity contribution in [1.29, 1.82) is 0 Å². The first-order chi connectivity index (χ1) is 5.31. The summed E-state index contributed by atoms with van der Waals surface area (Å²) >= 11 is 0. The third-order valence-corrected chi connectivity index (χ3v) is 2.78. The molecule has 0 aromatic heterocycles. The summed E-state index contributed by atoms with van der Waals surface area (Å²) in [5.74, 6) is 1.27. The number of methoxy groups -OCH3 is 1. The zero-order chi connectivity index (χ0) is 7.84. The molecule has 0 saturated heterocycles. The molecule has 11 heavy (non-hydrogen) atoms. The number of carbonyl (C=O) groups is 1. The second-order valence-corrected chi connectivity index (χ2v) is 3.41. The lowest BCUT2D eigenvalue weighted by Crippen LogP contribution is -2.19. The van der Waals surface area contributed by atoms with E-state index in [9.17, 15) is 4.79 Å². The number of fused-ring (bicyclic) bond motifs is 2. The van der Waals surface area contributed by atoms with Crippen LogP contribution in [0.15, 0.2) is 12.2 Å². The van der Waals surface area contributed by atoms with Gasteiger partial charge in [0.2, 0.25) is 0 Å². The highest BCUT2D eigenvalue weighted by molar-refractivity contribution is 5.73. The molecular formula is C9H12O2. The van der Waals surface area contributed by atoms with Crippen LogP contribution in [-0.2, 0) is 9.53 Å². The molecule has 2 unspecified atom stereocenters. The third-order valence-electron chi connectivity index (χ3n) is 2.78. The Morgan fingerprint density at radius 1 is 1.45 bits per heavy atom. The molecule has 60 valence electrons. The fourth-order valence-corrected chi connectivity index (χ4v) is 2.20. The van der Waals surface area contributed by atoms with Crippen LogP contribution in [0, 0.1) is 17.8 Å². The summed E-state index contributed by atoms with van der Waals surface area (Å²) in [6, 6.07) is 0. The average molecular weight is 152 g/mol. The van der Waals surface area contributed by atoms with E-state index in [4.69, 9.17) is 4.74 Å². The minimum atomic E-state index is -0.0261. The van der Waals surface area contributed by atoms with Crippen LogP contribution in [0.1, 0.15) is 12.8 Å². The molecule has 0 radical (unpaired) electrons. The summed E-state index contributed by atoms with van der Waals surface area (Å²) < 4.78 is 4.71. The third kappa shape index (κ3) is 0.971. The van der Waals surface area contributed by atoms with Gasteiger partial charge in [0, 0.05) is 0 Å². The molecule has 0 amide bonds. The van der Waals surface area contributed by atoms with Gasteiger partial charge in [-0.2, -0.15) is 0 Å². The minimum Gasteiger partial charge on any atom is -0.469 e. The monoisotopic (exact) mass is 152 g/mol. The zero-order valence-electron chi connectivity index (χ0n) is 6.62. The standard InChI is InChI=1S/C9H12O2/c1-11-9(10)8-5-6-2-3-7(8)4-6/h2-3,6-8H,4-5H2,1H3/t6-,7?,8?/m1/s1. The van der Waals surface area contributed by atoms with Crippen LogP contribution in [0.2, 0.25) is 0 Å². The maximum atomic E-state index is 11.1. The minimum absolute atomic E-state index is 0.0261. The number of esters is 1. The van der Waals surface area contributed by atoms with Gasteiger partial charge in [0.25, 0.3) is 0 Å². The van der Waals surface area contributed by atoms with Crippen LogP contribution in [0.5, 0.6) is 0 Å². The van der Waals surface area contributed by atoms with E-state index in [1.165, 1.54) is 13.5 Å². The Morgan fingerprint density at radius 2 is 2.27 bits per heavy atom. The zero-order valence-corrected chi connectivity index (χ0v) is 6.62. The van der Waals surface area contributed by atoms with Gasteiger partial charge in [-0.15, -0.1) is 0 Å². The van der Waals surface area contributed by atoms with E-state index in [1.807, 2.05) is 0 Å². The molecule has 2 rings (SSSR count). The van der Waals surface area contributed by atoms with Crippen molar-refractivity contribution < 1.29 is 9.53 Å². The number of rotatable bonds is 1. The van der Waals surface area contributed by atoms with Gasteiger partial charge in [-0.05, 0) is 24.7 Å². The number of allylic oxidation sites excluding steroid dienone is 2. The first-order valence-electron chi connectivity index (χ1n) is 4.07. The Kier molecular flexibility index (Phi) is 1.48. The normalized spacial score (nSPS) is 39.5. The summed E-state index contributed by atoms with van der Waals surface area (Å²) in [4.78, 5) is 11.1. The fraction of sp³-hybridized carbons (Fsp3) is 0.667. The van der Waals surface area contributed by atoms with Gasteiger partial charge in [-0.25, -0.2) is 0 Å². The van der Waals surface area contributed by atoms with Gasteiger partial charge in [-0.3, -0.25) is 4.79 Å². The molecule has 0 spiro atoms. The Hall–Kier alpha value is -0.790. The summed E-state index contributed by atoms with van der Waals surface area (Å²) in [5.41, 5.74) is 0. The summed E-state index contributed by atoms with van der Waals surface area (Å²) in [6.07, 6.45) is 6.56. The molecule has 3 atom stereocenters. The number of hydrogen-bond acceptors (Lipinski definition) is 2. The lowest BCUT2D eigenvalue weighted by molar-refractivity contribution is -0.146. The molecule has 1 saturated carbocycles. The van der Waals surface area contributed by atoms with Crippen molar-refractivity contribution in [3.05, 3.63) is 12.2 Å². The van der Waals surface area contributed by atoms with Gasteiger partial charge in [0.05, 0.1) is 13.0 Å². The highest BCUT2D eigenvalue weighted by atomic mass is 16.5. The fourth-order valence-electron chi connectivity index (χ4n) is 2.20. The number of carbonyl (C=O) groups excluding carboxylic acids is 1. The second-order valence-electron chi connectivity index (χ2n) is 3.41. The first-order valence-corrected chi connectivity index (χ1v) is 4.07. The summed E-state index contributed by atoms with van der Waals surface area (Å²) in [6.45, 7) is 0. The summed E-state index contributed by atoms with van der Waals surface area (Å²) in [7, 11) is 1.47. The van der Waals surface area contributed by atoms with E-state index in [2.05, 4.69) is 12.2 Å². The van der Waals surface area contributed by atoms with E-state index in [0.29, 0.717) is 11.8 Å². The van der Waals surface area contributed by atoms with Crippen molar-refractivity contribution in [2.45, 2.75) is 12.8 Å². The van der Waals surface area contributed by atoms with Gasteiger partial charge < -0.3 is 4.74 Å². The van der Waals surface area contributed by atoms with Crippen molar-refractivity contribution in [3.63, 3.8) is 0 Å². The molecule has 2 aliphatic carbocycles. The van der Waals surface area contributed by atoms with Crippen LogP contribution >= 0.6 is 0 Å². The van der Waals surface area contributed by atoms with E-state index in [1.54, 1.807) is 0 Å². The number of ether oxygens (including phenoxy) is 1. The summed E-state index contributed by atoms with van der Waals surface area (Å²) in [5, 5.41) is 0. The van der Waals surface area contributed by atoms with Gasteiger partial charge in [0.15, 0.2) is 0 Å². The van der Waals surface area contributed by atoms with Crippen molar-refractivity contribution in [3.8, 4) is 0 Å². The first kappa shape index (κ1) is 6.89. The van der Waals surface area contributed by atoms with Crippen molar-refractivity contribution in [2.24, 2.45) is 17.8 Å². The molecule has 2 heteroatoms. The van der Waals surface area contributed by atoms with Crippen LogP contribution in [0.4, 0.5) is 0 Å². The van der Waals surface area contributed by atoms with Crippen molar-refractivity contribution in [1.82, 2.24) is 0 Å². The SMILES string of the molecule is COC(=O)C1C[C@@H]2C=CC1C2. The van der Waals surface area contributed by atoms with Crippen LogP contribution < -0.4 is 0 Å². The lowest BCUT2D eigenvalue weighted by atomic mass is 9.94. The molecule has 2 nitrogen and oxygen atoms in total. The second kappa shape index (κ2) is 2.36. The maximum absolute atomic E-state index is 11.1. The Bertz CT molecular complexity index is 208. The van der Waals surface area contributed by atoms with Crippen LogP contribution in [0.3, 0.4) is 0 Å². The predicted octanol–water partition coefficient (Wildman–Crippen LogP) is 1.37. The van der Waals surface area contributed by atoms with Crippen molar-refractivity contribution >= 4 is 5.97 Å². The Labute approximate surface area is 66.2 Å². The van der Waals surface area contributed by atoms with E-state index in [0.717, 1.165) is 6.42 Å². The number of hydrogen-bond donors (Lipinski definition) is 0. The predicted molar refractivity (Wildman–Crippen MR) is 40.9 cm³/mol. The van der Waals surface area contributed by atoms with Crippen LogP contribution in [0.25, 0.3) is 0 Å². The van der Waals surface area contributed by atoms with Gasteiger partial charge >= 0.3 is 5.97 Å². The molecule has 1 fully saturated rings. The van der Waals surface area contributed by atoms with Gasteiger partial charge in [-0.1, -0.05) is 12.2 Å². The van der Waals surface area contributed by atoms with Crippen LogP contribution in [-0.4, -0.2) is 13.1 Å². The molecule has 2 bridgehead atoms. The largest absolute Gasteiger partial charge is 0.469 e. The molecule has 0 aromatic rings. The molecule has 0 N–H and O–H groups in total. The van der Waals surface area contributed by atoms with E-state index in [-0.39, 0.29) is 11.9 Å². The molecule has 0 aliphatic heterocycles. The Morgan fingerprint density at radius 3 is 2.73 bits per heavy atom. The van der Waals surface area contributed by atoms with E-state index >= 15 is 0 Å². The molecule has 0 heterocycles. The quantitative estimate of drug-likeness (QED) is 0.419. The molecule has 0 aromatic carbocycles. The maximum Gasteiger partial charge on any atom is 0.309 e. The van der Waals surface area contributed by atoms with Crippen molar-refractivity contribution in [2.75, 3.05) is 7.11 Å². The van der Waals surface area contributed by atoms with Gasteiger partial charge in [0.1, 0.15) is 0 Å². The average Bonchev–Trinajstić information content (AvgIpc) is 2.62. The highest BCUT2D eigenvalue weighted by Gasteiger charge is 2.40.